The first kappa shape index (κ1) is 9.92. The maximum Gasteiger partial charge on any atom is 0.222 e. The van der Waals surface area contributed by atoms with E-state index in [9.17, 15) is 4.79 Å². The van der Waals surface area contributed by atoms with E-state index < -0.39 is 0 Å². The summed E-state index contributed by atoms with van der Waals surface area (Å²) in [5, 5.41) is 0. The van der Waals surface area contributed by atoms with Crippen molar-refractivity contribution in [1.82, 2.24) is 9.88 Å². The van der Waals surface area contributed by atoms with E-state index in [0.717, 1.165) is 18.5 Å². The molecule has 1 aromatic rings. The van der Waals surface area contributed by atoms with E-state index in [1.165, 1.54) is 0 Å². The number of pyridine rings is 1. The molecule has 1 amide bonds. The van der Waals surface area contributed by atoms with Gasteiger partial charge in [-0.25, -0.2) is 10.8 Å². The molecule has 0 aromatic carbocycles. The van der Waals surface area contributed by atoms with Crippen LogP contribution in [0.2, 0.25) is 0 Å². The van der Waals surface area contributed by atoms with Crippen molar-refractivity contribution in [2.75, 3.05) is 12.0 Å². The van der Waals surface area contributed by atoms with Crippen molar-refractivity contribution in [1.29, 1.82) is 0 Å². The van der Waals surface area contributed by atoms with Crippen LogP contribution in [0, 0.1) is 0 Å². The summed E-state index contributed by atoms with van der Waals surface area (Å²) in [6.07, 6.45) is 3.32. The molecule has 0 radical (unpaired) electrons. The lowest BCUT2D eigenvalue weighted by Gasteiger charge is -2.15. The van der Waals surface area contributed by atoms with Gasteiger partial charge < -0.3 is 10.3 Å². The zero-order chi connectivity index (χ0) is 10.7. The maximum atomic E-state index is 11.4. The van der Waals surface area contributed by atoms with Crippen LogP contribution in [0.4, 0.5) is 5.82 Å². The van der Waals surface area contributed by atoms with Gasteiger partial charge in [0, 0.05) is 25.7 Å². The van der Waals surface area contributed by atoms with E-state index in [0.29, 0.717) is 18.8 Å². The lowest BCUT2D eigenvalue weighted by Crippen LogP contribution is -2.24. The second-order valence-electron chi connectivity index (χ2n) is 3.61. The number of rotatable bonds is 3. The number of anilines is 1. The second-order valence-corrected chi connectivity index (χ2v) is 3.61. The number of carbonyl (C=O) groups is 1. The van der Waals surface area contributed by atoms with Gasteiger partial charge in [-0.15, -0.1) is 0 Å². The van der Waals surface area contributed by atoms with E-state index in [2.05, 4.69) is 10.4 Å². The van der Waals surface area contributed by atoms with Crippen molar-refractivity contribution < 1.29 is 4.79 Å². The van der Waals surface area contributed by atoms with Gasteiger partial charge in [-0.1, -0.05) is 0 Å². The van der Waals surface area contributed by atoms with Crippen LogP contribution in [0.3, 0.4) is 0 Å². The summed E-state index contributed by atoms with van der Waals surface area (Å²) in [5.41, 5.74) is 3.54. The molecular formula is C10H14N4O. The Bertz CT molecular complexity index is 366. The topological polar surface area (TPSA) is 71.2 Å². The number of nitrogen functional groups attached to an aromatic ring is 1. The summed E-state index contributed by atoms with van der Waals surface area (Å²) in [6, 6.07) is 3.75. The van der Waals surface area contributed by atoms with Gasteiger partial charge in [0.05, 0.1) is 0 Å². The molecule has 0 saturated carbocycles. The Morgan fingerprint density at radius 1 is 1.60 bits per heavy atom. The molecule has 80 valence electrons. The molecule has 0 bridgehead atoms. The maximum absolute atomic E-state index is 11.4. The fraction of sp³-hybridized carbons (Fsp3) is 0.400. The van der Waals surface area contributed by atoms with E-state index in [1.807, 2.05) is 17.0 Å². The first-order chi connectivity index (χ1) is 7.29. The number of hydrazine groups is 1. The fourth-order valence-corrected chi connectivity index (χ4v) is 1.74. The number of nitrogens with two attached hydrogens (primary N) is 1. The third-order valence-electron chi connectivity index (χ3n) is 2.52. The average Bonchev–Trinajstić information content (AvgIpc) is 2.65. The molecule has 1 aliphatic heterocycles. The number of nitrogens with one attached hydrogen (secondary N) is 1. The van der Waals surface area contributed by atoms with Gasteiger partial charge in [-0.05, 0) is 24.1 Å². The summed E-state index contributed by atoms with van der Waals surface area (Å²) in [5.74, 6) is 6.12. The molecule has 15 heavy (non-hydrogen) atoms. The Morgan fingerprint density at radius 3 is 3.13 bits per heavy atom. The Hall–Kier alpha value is -1.62. The van der Waals surface area contributed by atoms with Crippen LogP contribution in [-0.4, -0.2) is 22.3 Å². The van der Waals surface area contributed by atoms with Crippen molar-refractivity contribution in [3.05, 3.63) is 23.9 Å². The molecule has 3 N–H and O–H groups in total. The smallest absolute Gasteiger partial charge is 0.222 e. The Morgan fingerprint density at radius 2 is 2.47 bits per heavy atom. The molecule has 0 unspecified atom stereocenters. The van der Waals surface area contributed by atoms with E-state index >= 15 is 0 Å². The zero-order valence-corrected chi connectivity index (χ0v) is 8.44. The number of carbonyl (C=O) groups excluding carboxylic acids is 1. The Kier molecular flexibility index (Phi) is 2.82. The van der Waals surface area contributed by atoms with Crippen molar-refractivity contribution in [3.8, 4) is 0 Å². The quantitative estimate of drug-likeness (QED) is 0.557. The van der Waals surface area contributed by atoms with Crippen molar-refractivity contribution in [2.45, 2.75) is 19.4 Å². The van der Waals surface area contributed by atoms with Crippen molar-refractivity contribution in [2.24, 2.45) is 5.84 Å². The molecule has 1 aromatic heterocycles. The number of aromatic nitrogens is 1. The molecule has 5 heteroatoms. The summed E-state index contributed by atoms with van der Waals surface area (Å²) in [7, 11) is 0. The number of amides is 1. The van der Waals surface area contributed by atoms with Gasteiger partial charge in [0.15, 0.2) is 0 Å². The van der Waals surface area contributed by atoms with Crippen LogP contribution in [0.1, 0.15) is 18.4 Å². The van der Waals surface area contributed by atoms with Gasteiger partial charge in [0.1, 0.15) is 5.82 Å². The first-order valence-electron chi connectivity index (χ1n) is 4.99. The van der Waals surface area contributed by atoms with Crippen molar-refractivity contribution >= 4 is 11.7 Å². The van der Waals surface area contributed by atoms with Crippen LogP contribution < -0.4 is 11.3 Å². The number of likely N-dealkylation sites (tertiary alicyclic amines) is 1. The third kappa shape index (κ3) is 2.24. The van der Waals surface area contributed by atoms with Gasteiger partial charge in [-0.2, -0.15) is 0 Å². The third-order valence-corrected chi connectivity index (χ3v) is 2.52. The predicted molar refractivity (Wildman–Crippen MR) is 56.7 cm³/mol. The summed E-state index contributed by atoms with van der Waals surface area (Å²) in [6.45, 7) is 1.50. The predicted octanol–water partition coefficient (Wildman–Crippen LogP) is 0.490. The largest absolute Gasteiger partial charge is 0.338 e. The molecule has 1 saturated heterocycles. The molecule has 0 atom stereocenters. The lowest BCUT2D eigenvalue weighted by atomic mass is 10.2. The van der Waals surface area contributed by atoms with Gasteiger partial charge in [0.25, 0.3) is 0 Å². The van der Waals surface area contributed by atoms with Crippen molar-refractivity contribution in [3.63, 3.8) is 0 Å². The van der Waals surface area contributed by atoms with Crippen LogP contribution in [-0.2, 0) is 11.3 Å². The molecule has 0 spiro atoms. The van der Waals surface area contributed by atoms with Crippen LogP contribution in [0.5, 0.6) is 0 Å². The molecule has 1 fully saturated rings. The van der Waals surface area contributed by atoms with E-state index in [4.69, 9.17) is 5.84 Å². The van der Waals surface area contributed by atoms with Gasteiger partial charge >= 0.3 is 0 Å². The highest BCUT2D eigenvalue weighted by molar-refractivity contribution is 5.78. The minimum Gasteiger partial charge on any atom is -0.338 e. The normalized spacial score (nSPS) is 15.8. The number of hydrogen-bond donors (Lipinski definition) is 2. The summed E-state index contributed by atoms with van der Waals surface area (Å²) < 4.78 is 0. The summed E-state index contributed by atoms with van der Waals surface area (Å²) in [4.78, 5) is 17.3. The SMILES string of the molecule is NNc1cc(CN2CCCC2=O)ccn1. The Balaban J connectivity index is 2.06. The number of nitrogens with zero attached hydrogens (tertiary/aromatic N) is 2. The Labute approximate surface area is 88.3 Å². The minimum absolute atomic E-state index is 0.231. The standard InChI is InChI=1S/C10H14N4O/c11-13-9-6-8(3-4-12-9)7-14-5-1-2-10(14)15/h3-4,6H,1-2,5,7,11H2,(H,12,13). The highest BCUT2D eigenvalue weighted by Gasteiger charge is 2.19. The van der Waals surface area contributed by atoms with Gasteiger partial charge in [-0.3, -0.25) is 4.79 Å². The number of hydrogen-bond acceptors (Lipinski definition) is 4. The molecule has 5 nitrogen and oxygen atoms in total. The first-order valence-corrected chi connectivity index (χ1v) is 4.99. The van der Waals surface area contributed by atoms with E-state index in [-0.39, 0.29) is 5.91 Å². The molecule has 0 aliphatic carbocycles. The molecular weight excluding hydrogens is 192 g/mol. The van der Waals surface area contributed by atoms with Gasteiger partial charge in [0.2, 0.25) is 5.91 Å². The highest BCUT2D eigenvalue weighted by atomic mass is 16.2. The average molecular weight is 206 g/mol. The summed E-state index contributed by atoms with van der Waals surface area (Å²) >= 11 is 0. The van der Waals surface area contributed by atoms with Crippen LogP contribution >= 0.6 is 0 Å². The molecule has 2 rings (SSSR count). The van der Waals surface area contributed by atoms with Crippen LogP contribution in [0.25, 0.3) is 0 Å². The zero-order valence-electron chi connectivity index (χ0n) is 8.44. The second kappa shape index (κ2) is 4.27. The minimum atomic E-state index is 0.231. The van der Waals surface area contributed by atoms with Crippen LogP contribution in [0.15, 0.2) is 18.3 Å². The molecule has 2 heterocycles. The highest BCUT2D eigenvalue weighted by Crippen LogP contribution is 2.15. The molecule has 1 aliphatic rings. The van der Waals surface area contributed by atoms with E-state index in [1.54, 1.807) is 6.20 Å². The fourth-order valence-electron chi connectivity index (χ4n) is 1.74. The lowest BCUT2D eigenvalue weighted by molar-refractivity contribution is -0.128. The monoisotopic (exact) mass is 206 g/mol.